The lowest BCUT2D eigenvalue weighted by Gasteiger charge is -2.35. The van der Waals surface area contributed by atoms with Crippen LogP contribution in [-0.2, 0) is 6.42 Å². The number of anilines is 1. The Labute approximate surface area is 92.1 Å². The zero-order chi connectivity index (χ0) is 10.7. The van der Waals surface area contributed by atoms with Crippen LogP contribution in [0.4, 0.5) is 5.69 Å². The van der Waals surface area contributed by atoms with Crippen LogP contribution in [0.15, 0.2) is 24.3 Å². The first-order valence-corrected chi connectivity index (χ1v) is 5.88. The van der Waals surface area contributed by atoms with Gasteiger partial charge in [0, 0.05) is 18.8 Å². The maximum absolute atomic E-state index is 5.79. The van der Waals surface area contributed by atoms with Crippen molar-refractivity contribution in [1.82, 2.24) is 0 Å². The minimum atomic E-state index is 0.631. The highest BCUT2D eigenvalue weighted by molar-refractivity contribution is 5.55. The van der Waals surface area contributed by atoms with Gasteiger partial charge < -0.3 is 10.6 Å². The van der Waals surface area contributed by atoms with Crippen molar-refractivity contribution in [2.45, 2.75) is 19.8 Å². The molecule has 0 saturated heterocycles. The summed E-state index contributed by atoms with van der Waals surface area (Å²) < 4.78 is 0. The first-order valence-electron chi connectivity index (χ1n) is 5.88. The van der Waals surface area contributed by atoms with Gasteiger partial charge in [0.05, 0.1) is 0 Å². The van der Waals surface area contributed by atoms with E-state index in [1.165, 1.54) is 17.7 Å². The lowest BCUT2D eigenvalue weighted by atomic mass is 9.92. The van der Waals surface area contributed by atoms with Crippen LogP contribution in [0.2, 0.25) is 0 Å². The number of nitrogens with two attached hydrogens (primary N) is 1. The number of para-hydroxylation sites is 1. The highest BCUT2D eigenvalue weighted by Gasteiger charge is 2.22. The predicted molar refractivity (Wildman–Crippen MR) is 65.2 cm³/mol. The minimum absolute atomic E-state index is 0.631. The molecule has 0 unspecified atom stereocenters. The zero-order valence-electron chi connectivity index (χ0n) is 9.45. The summed E-state index contributed by atoms with van der Waals surface area (Å²) >= 11 is 0. The van der Waals surface area contributed by atoms with Crippen LogP contribution in [0.1, 0.15) is 18.9 Å². The van der Waals surface area contributed by atoms with Gasteiger partial charge >= 0.3 is 0 Å². The lowest BCUT2D eigenvalue weighted by molar-refractivity contribution is 0.498. The Hall–Kier alpha value is -1.02. The van der Waals surface area contributed by atoms with Gasteiger partial charge in [-0.1, -0.05) is 25.1 Å². The number of rotatable bonds is 3. The second kappa shape index (κ2) is 4.67. The van der Waals surface area contributed by atoms with Crippen molar-refractivity contribution < 1.29 is 0 Å². The molecular weight excluding hydrogens is 184 g/mol. The van der Waals surface area contributed by atoms with Gasteiger partial charge in [-0.15, -0.1) is 0 Å². The van der Waals surface area contributed by atoms with Crippen LogP contribution < -0.4 is 10.6 Å². The Balaban J connectivity index is 2.25. The van der Waals surface area contributed by atoms with E-state index in [4.69, 9.17) is 5.73 Å². The number of fused-ring (bicyclic) bond motifs is 1. The molecule has 0 saturated carbocycles. The monoisotopic (exact) mass is 204 g/mol. The molecule has 0 bridgehead atoms. The molecule has 2 heteroatoms. The Morgan fingerprint density at radius 3 is 2.93 bits per heavy atom. The van der Waals surface area contributed by atoms with Gasteiger partial charge in [0.15, 0.2) is 0 Å². The summed E-state index contributed by atoms with van der Waals surface area (Å²) in [6, 6.07) is 8.73. The molecular formula is C13H20N2. The molecule has 82 valence electrons. The van der Waals surface area contributed by atoms with Gasteiger partial charge in [-0.3, -0.25) is 0 Å². The van der Waals surface area contributed by atoms with Crippen molar-refractivity contribution in [3.8, 4) is 0 Å². The van der Waals surface area contributed by atoms with Crippen molar-refractivity contribution in [2.75, 3.05) is 24.5 Å². The number of benzene rings is 1. The number of nitrogens with zero attached hydrogens (tertiary/aromatic N) is 1. The van der Waals surface area contributed by atoms with E-state index >= 15 is 0 Å². The maximum Gasteiger partial charge on any atom is 0.0398 e. The van der Waals surface area contributed by atoms with Crippen molar-refractivity contribution in [3.63, 3.8) is 0 Å². The van der Waals surface area contributed by atoms with Crippen molar-refractivity contribution in [3.05, 3.63) is 29.8 Å². The molecule has 1 aliphatic heterocycles. The summed E-state index contributed by atoms with van der Waals surface area (Å²) in [5, 5.41) is 0. The van der Waals surface area contributed by atoms with Crippen LogP contribution in [-0.4, -0.2) is 19.6 Å². The highest BCUT2D eigenvalue weighted by Crippen LogP contribution is 2.29. The maximum atomic E-state index is 5.79. The van der Waals surface area contributed by atoms with Crippen molar-refractivity contribution in [1.29, 1.82) is 0 Å². The fraction of sp³-hybridized carbons (Fsp3) is 0.538. The summed E-state index contributed by atoms with van der Waals surface area (Å²) in [5.41, 5.74) is 8.68. The summed E-state index contributed by atoms with van der Waals surface area (Å²) in [6.07, 6.45) is 2.35. The van der Waals surface area contributed by atoms with E-state index in [2.05, 4.69) is 36.1 Å². The highest BCUT2D eigenvalue weighted by atomic mass is 15.1. The largest absolute Gasteiger partial charge is 0.371 e. The molecule has 2 rings (SSSR count). The average molecular weight is 204 g/mol. The Bertz CT molecular complexity index is 322. The molecule has 2 N–H and O–H groups in total. The van der Waals surface area contributed by atoms with Gasteiger partial charge in [-0.25, -0.2) is 0 Å². The minimum Gasteiger partial charge on any atom is -0.371 e. The van der Waals surface area contributed by atoms with Crippen LogP contribution in [0.25, 0.3) is 0 Å². The Morgan fingerprint density at radius 2 is 2.20 bits per heavy atom. The van der Waals surface area contributed by atoms with Crippen LogP contribution in [0.5, 0.6) is 0 Å². The molecule has 0 aliphatic carbocycles. The second-order valence-electron chi connectivity index (χ2n) is 4.38. The standard InChI is InChI=1S/C13H20N2/c1-2-7-15-10-11(9-14)8-12-5-3-4-6-13(12)15/h3-6,11H,2,7-10,14H2,1H3/t11-/m0/s1. The summed E-state index contributed by atoms with van der Waals surface area (Å²) in [4.78, 5) is 2.48. The fourth-order valence-corrected chi connectivity index (χ4v) is 2.42. The normalized spacial score (nSPS) is 20.1. The zero-order valence-corrected chi connectivity index (χ0v) is 9.45. The second-order valence-corrected chi connectivity index (χ2v) is 4.38. The van der Waals surface area contributed by atoms with Gasteiger partial charge in [-0.2, -0.15) is 0 Å². The van der Waals surface area contributed by atoms with Crippen molar-refractivity contribution in [2.24, 2.45) is 11.7 Å². The van der Waals surface area contributed by atoms with E-state index in [0.29, 0.717) is 5.92 Å². The van der Waals surface area contributed by atoms with Crippen molar-refractivity contribution >= 4 is 5.69 Å². The van der Waals surface area contributed by atoms with Gasteiger partial charge in [0.1, 0.15) is 0 Å². The Kier molecular flexibility index (Phi) is 3.27. The van der Waals surface area contributed by atoms with Crippen LogP contribution in [0.3, 0.4) is 0 Å². The molecule has 1 aromatic carbocycles. The molecule has 1 heterocycles. The van der Waals surface area contributed by atoms with E-state index in [-0.39, 0.29) is 0 Å². The summed E-state index contributed by atoms with van der Waals surface area (Å²) in [6.45, 7) is 5.30. The fourth-order valence-electron chi connectivity index (χ4n) is 2.42. The van der Waals surface area contributed by atoms with E-state index in [0.717, 1.165) is 26.1 Å². The quantitative estimate of drug-likeness (QED) is 0.816. The molecule has 0 spiro atoms. The van der Waals surface area contributed by atoms with Gasteiger partial charge in [-0.05, 0) is 36.9 Å². The van der Waals surface area contributed by atoms with E-state index in [1.807, 2.05) is 0 Å². The first-order chi connectivity index (χ1) is 7.35. The molecule has 1 atom stereocenters. The molecule has 0 radical (unpaired) electrons. The van der Waals surface area contributed by atoms with E-state index in [1.54, 1.807) is 0 Å². The third-order valence-corrected chi connectivity index (χ3v) is 3.15. The molecule has 0 amide bonds. The molecule has 15 heavy (non-hydrogen) atoms. The first kappa shape index (κ1) is 10.5. The molecule has 0 fully saturated rings. The smallest absolute Gasteiger partial charge is 0.0398 e. The van der Waals surface area contributed by atoms with E-state index < -0.39 is 0 Å². The molecule has 1 aliphatic rings. The molecule has 2 nitrogen and oxygen atoms in total. The summed E-state index contributed by atoms with van der Waals surface area (Å²) in [5.74, 6) is 0.631. The van der Waals surface area contributed by atoms with E-state index in [9.17, 15) is 0 Å². The van der Waals surface area contributed by atoms with Crippen LogP contribution in [0, 0.1) is 5.92 Å². The van der Waals surface area contributed by atoms with Crippen LogP contribution >= 0.6 is 0 Å². The summed E-state index contributed by atoms with van der Waals surface area (Å²) in [7, 11) is 0. The number of hydrogen-bond acceptors (Lipinski definition) is 2. The Morgan fingerprint density at radius 1 is 1.40 bits per heavy atom. The lowest BCUT2D eigenvalue weighted by Crippen LogP contribution is -2.38. The molecule has 0 aromatic heterocycles. The third-order valence-electron chi connectivity index (χ3n) is 3.15. The third kappa shape index (κ3) is 2.15. The van der Waals surface area contributed by atoms with Gasteiger partial charge in [0.2, 0.25) is 0 Å². The topological polar surface area (TPSA) is 29.3 Å². The predicted octanol–water partition coefficient (Wildman–Crippen LogP) is 2.03. The average Bonchev–Trinajstić information content (AvgIpc) is 2.29. The number of hydrogen-bond donors (Lipinski definition) is 1. The van der Waals surface area contributed by atoms with Gasteiger partial charge in [0.25, 0.3) is 0 Å². The SMILES string of the molecule is CCCN1C[C@H](CN)Cc2ccccc21. The molecule has 1 aromatic rings.